The summed E-state index contributed by atoms with van der Waals surface area (Å²) in [5.74, 6) is -1.14. The molecular formula is C17H24ClN3O5. The molecule has 1 atom stereocenters. The van der Waals surface area contributed by atoms with Crippen molar-refractivity contribution in [3.05, 3.63) is 23.8 Å². The monoisotopic (exact) mass is 385 g/mol. The van der Waals surface area contributed by atoms with E-state index in [4.69, 9.17) is 9.84 Å². The number of nitrogens with zero attached hydrogens (tertiary/aromatic N) is 1. The van der Waals surface area contributed by atoms with Crippen molar-refractivity contribution in [2.75, 3.05) is 32.1 Å². The van der Waals surface area contributed by atoms with Crippen molar-refractivity contribution in [1.29, 1.82) is 0 Å². The van der Waals surface area contributed by atoms with Crippen LogP contribution >= 0.6 is 12.4 Å². The molecule has 9 heteroatoms. The number of nitrogens with one attached hydrogen (secondary N) is 2. The molecule has 2 rings (SSSR count). The predicted molar refractivity (Wildman–Crippen MR) is 98.8 cm³/mol. The van der Waals surface area contributed by atoms with E-state index in [1.54, 1.807) is 17.0 Å². The lowest BCUT2D eigenvalue weighted by Gasteiger charge is -2.20. The highest BCUT2D eigenvalue weighted by Crippen LogP contribution is 2.24. The molecule has 0 unspecified atom stereocenters. The zero-order valence-corrected chi connectivity index (χ0v) is 15.6. The van der Waals surface area contributed by atoms with Crippen LogP contribution in [0.5, 0.6) is 5.75 Å². The maximum Gasteiger partial charge on any atom is 0.320 e. The number of aryl methyl sites for hydroxylation is 1. The second kappa shape index (κ2) is 9.98. The number of methoxy groups -OCH3 is 1. The molecular weight excluding hydrogens is 362 g/mol. The first kappa shape index (κ1) is 21.7. The summed E-state index contributed by atoms with van der Waals surface area (Å²) in [6.45, 7) is 2.24. The fraction of sp³-hybridized carbons (Fsp3) is 0.471. The first-order valence-electron chi connectivity index (χ1n) is 8.08. The number of carbonyl (C=O) groups is 3. The molecule has 8 nitrogen and oxygen atoms in total. The number of likely N-dealkylation sites (tertiary alicyclic amines) is 1. The van der Waals surface area contributed by atoms with Crippen molar-refractivity contribution < 1.29 is 24.2 Å². The first-order valence-corrected chi connectivity index (χ1v) is 8.08. The van der Waals surface area contributed by atoms with Crippen LogP contribution in [0.15, 0.2) is 18.2 Å². The Balaban J connectivity index is 0.00000338. The van der Waals surface area contributed by atoms with Crippen LogP contribution in [0.3, 0.4) is 0 Å². The Kier molecular flexibility index (Phi) is 8.34. The molecule has 0 aliphatic carbocycles. The largest absolute Gasteiger partial charge is 0.495 e. The van der Waals surface area contributed by atoms with Gasteiger partial charge in [0.2, 0.25) is 11.8 Å². The summed E-state index contributed by atoms with van der Waals surface area (Å²) in [6, 6.07) is 4.77. The Morgan fingerprint density at radius 1 is 1.31 bits per heavy atom. The number of amides is 2. The minimum absolute atomic E-state index is 0. The predicted octanol–water partition coefficient (Wildman–Crippen LogP) is 1.03. The van der Waals surface area contributed by atoms with Crippen molar-refractivity contribution in [3.8, 4) is 5.75 Å². The lowest BCUT2D eigenvalue weighted by Crippen LogP contribution is -2.44. The third-order valence-corrected chi connectivity index (χ3v) is 4.07. The Morgan fingerprint density at radius 3 is 2.69 bits per heavy atom. The van der Waals surface area contributed by atoms with Crippen LogP contribution in [0.25, 0.3) is 0 Å². The maximum absolute atomic E-state index is 12.0. The summed E-state index contributed by atoms with van der Waals surface area (Å²) in [7, 11) is 1.51. The summed E-state index contributed by atoms with van der Waals surface area (Å²) in [4.78, 5) is 36.7. The number of benzene rings is 1. The third-order valence-electron chi connectivity index (χ3n) is 4.07. The summed E-state index contributed by atoms with van der Waals surface area (Å²) in [5.41, 5.74) is 1.50. The normalized spacial score (nSPS) is 16.5. The van der Waals surface area contributed by atoms with Gasteiger partial charge in [-0.15, -0.1) is 12.4 Å². The Labute approximate surface area is 158 Å². The van der Waals surface area contributed by atoms with Crippen LogP contribution < -0.4 is 15.4 Å². The van der Waals surface area contributed by atoms with E-state index in [0.717, 1.165) is 12.0 Å². The lowest BCUT2D eigenvalue weighted by atomic mass is 10.2. The maximum atomic E-state index is 12.0. The average Bonchev–Trinajstić information content (AvgIpc) is 3.01. The van der Waals surface area contributed by atoms with Crippen molar-refractivity contribution >= 4 is 35.9 Å². The van der Waals surface area contributed by atoms with E-state index in [0.29, 0.717) is 24.4 Å². The minimum atomic E-state index is -0.922. The zero-order valence-electron chi connectivity index (χ0n) is 14.8. The number of carboxylic acid groups (broad SMARTS) is 1. The van der Waals surface area contributed by atoms with Crippen LogP contribution in [0.2, 0.25) is 0 Å². The van der Waals surface area contributed by atoms with E-state index in [-0.39, 0.29) is 37.3 Å². The lowest BCUT2D eigenvalue weighted by molar-refractivity contribution is -0.142. The zero-order chi connectivity index (χ0) is 18.4. The minimum Gasteiger partial charge on any atom is -0.495 e. The molecule has 3 N–H and O–H groups in total. The van der Waals surface area contributed by atoms with E-state index in [2.05, 4.69) is 10.6 Å². The third kappa shape index (κ3) is 5.89. The van der Waals surface area contributed by atoms with Gasteiger partial charge < -0.3 is 20.5 Å². The number of rotatable bonds is 7. The fourth-order valence-corrected chi connectivity index (χ4v) is 2.83. The van der Waals surface area contributed by atoms with E-state index in [1.807, 2.05) is 13.0 Å². The molecule has 1 aromatic rings. The van der Waals surface area contributed by atoms with Crippen LogP contribution in [0.4, 0.5) is 5.69 Å². The molecule has 1 aliphatic heterocycles. The molecule has 26 heavy (non-hydrogen) atoms. The number of halogens is 1. The van der Waals surface area contributed by atoms with Gasteiger partial charge in [0, 0.05) is 0 Å². The molecule has 144 valence electrons. The molecule has 0 bridgehead atoms. The van der Waals surface area contributed by atoms with Gasteiger partial charge in [0.1, 0.15) is 11.8 Å². The van der Waals surface area contributed by atoms with Crippen LogP contribution in [0, 0.1) is 6.92 Å². The van der Waals surface area contributed by atoms with Crippen molar-refractivity contribution in [2.45, 2.75) is 25.8 Å². The standard InChI is InChI=1S/C17H23N3O5.ClH/c1-11-5-6-14(25-2)12(8-11)19-15(21)9-18-16(22)10-20-7-3-4-13(20)17(23)24;/h5-6,8,13H,3-4,7,9-10H2,1-2H3,(H,18,22)(H,19,21)(H,23,24);1H/t13-;/m0./s1. The molecule has 0 saturated carbocycles. The molecule has 1 aliphatic rings. The van der Waals surface area contributed by atoms with Crippen LogP contribution in [0.1, 0.15) is 18.4 Å². The highest BCUT2D eigenvalue weighted by molar-refractivity contribution is 5.96. The molecule has 1 heterocycles. The number of anilines is 1. The topological polar surface area (TPSA) is 108 Å². The van der Waals surface area contributed by atoms with Gasteiger partial charge in [-0.2, -0.15) is 0 Å². The number of carbonyl (C=O) groups excluding carboxylic acids is 2. The van der Waals surface area contributed by atoms with Crippen LogP contribution in [-0.2, 0) is 14.4 Å². The number of carboxylic acids is 1. The van der Waals surface area contributed by atoms with Crippen molar-refractivity contribution in [1.82, 2.24) is 10.2 Å². The van der Waals surface area contributed by atoms with Gasteiger partial charge in [0.15, 0.2) is 0 Å². The van der Waals surface area contributed by atoms with Gasteiger partial charge in [-0.3, -0.25) is 19.3 Å². The first-order chi connectivity index (χ1) is 11.9. The smallest absolute Gasteiger partial charge is 0.320 e. The molecule has 0 spiro atoms. The highest BCUT2D eigenvalue weighted by atomic mass is 35.5. The van der Waals surface area contributed by atoms with E-state index < -0.39 is 12.0 Å². The second-order valence-corrected chi connectivity index (χ2v) is 6.00. The van der Waals surface area contributed by atoms with E-state index >= 15 is 0 Å². The molecule has 1 aromatic carbocycles. The van der Waals surface area contributed by atoms with Gasteiger partial charge >= 0.3 is 5.97 Å². The summed E-state index contributed by atoms with van der Waals surface area (Å²) in [6.07, 6.45) is 1.29. The molecule has 0 aromatic heterocycles. The quantitative estimate of drug-likeness (QED) is 0.647. The van der Waals surface area contributed by atoms with Gasteiger partial charge in [-0.25, -0.2) is 0 Å². The van der Waals surface area contributed by atoms with Gasteiger partial charge in [-0.1, -0.05) is 6.07 Å². The molecule has 1 saturated heterocycles. The SMILES string of the molecule is COc1ccc(C)cc1NC(=O)CNC(=O)CN1CCC[C@H]1C(=O)O.Cl. The summed E-state index contributed by atoms with van der Waals surface area (Å²) < 4.78 is 5.19. The van der Waals surface area contributed by atoms with Crippen molar-refractivity contribution in [3.63, 3.8) is 0 Å². The second-order valence-electron chi connectivity index (χ2n) is 6.00. The average molecular weight is 386 g/mol. The number of hydrogen-bond donors (Lipinski definition) is 3. The Morgan fingerprint density at radius 2 is 2.04 bits per heavy atom. The van der Waals surface area contributed by atoms with E-state index in [1.165, 1.54) is 7.11 Å². The number of ether oxygens (including phenoxy) is 1. The van der Waals surface area contributed by atoms with Crippen LogP contribution in [-0.4, -0.2) is 60.6 Å². The number of aliphatic carboxylic acids is 1. The fourth-order valence-electron chi connectivity index (χ4n) is 2.83. The van der Waals surface area contributed by atoms with Crippen molar-refractivity contribution in [2.24, 2.45) is 0 Å². The Hall–Kier alpha value is -2.32. The molecule has 2 amide bonds. The van der Waals surface area contributed by atoms with E-state index in [9.17, 15) is 14.4 Å². The molecule has 0 radical (unpaired) electrons. The summed E-state index contributed by atoms with van der Waals surface area (Å²) in [5, 5.41) is 14.3. The Bertz CT molecular complexity index is 668. The van der Waals surface area contributed by atoms with Gasteiger partial charge in [0.25, 0.3) is 0 Å². The van der Waals surface area contributed by atoms with Gasteiger partial charge in [-0.05, 0) is 44.0 Å². The number of hydrogen-bond acceptors (Lipinski definition) is 5. The molecule has 1 fully saturated rings. The van der Waals surface area contributed by atoms with Gasteiger partial charge in [0.05, 0.1) is 25.9 Å². The summed E-state index contributed by atoms with van der Waals surface area (Å²) >= 11 is 0. The highest BCUT2D eigenvalue weighted by Gasteiger charge is 2.31.